The average Bonchev–Trinajstić information content (AvgIpc) is 3.17. The van der Waals surface area contributed by atoms with Crippen LogP contribution in [-0.4, -0.2) is 15.6 Å². The average molecular weight is 371 g/mol. The second-order valence-electron chi connectivity index (χ2n) is 8.00. The van der Waals surface area contributed by atoms with Crippen LogP contribution in [-0.2, 0) is 4.79 Å². The van der Waals surface area contributed by atoms with Crippen LogP contribution in [0, 0.1) is 11.7 Å². The molecule has 0 radical (unpaired) electrons. The first-order chi connectivity index (χ1) is 13.1. The minimum Gasteiger partial charge on any atom is -0.273 e. The van der Waals surface area contributed by atoms with Crippen molar-refractivity contribution in [1.82, 2.24) is 9.66 Å². The van der Waals surface area contributed by atoms with Crippen molar-refractivity contribution in [2.75, 3.05) is 5.43 Å². The Kier molecular flexibility index (Phi) is 5.23. The number of carbonyl (C=O) groups is 1. The zero-order valence-corrected chi connectivity index (χ0v) is 15.5. The molecule has 0 bridgehead atoms. The van der Waals surface area contributed by atoms with Gasteiger partial charge in [0.15, 0.2) is 0 Å². The maximum atomic E-state index is 13.7. The van der Waals surface area contributed by atoms with Crippen LogP contribution in [0.15, 0.2) is 23.0 Å². The van der Waals surface area contributed by atoms with Gasteiger partial charge in [0, 0.05) is 18.4 Å². The highest BCUT2D eigenvalue weighted by molar-refractivity contribution is 5.85. The van der Waals surface area contributed by atoms with E-state index in [1.165, 1.54) is 42.1 Å². The topological polar surface area (TPSA) is 64.0 Å². The summed E-state index contributed by atoms with van der Waals surface area (Å²) in [5, 5.41) is 0.331. The number of nitrogens with one attached hydrogen (secondary N) is 1. The molecule has 2 saturated carbocycles. The van der Waals surface area contributed by atoms with Crippen LogP contribution in [0.5, 0.6) is 0 Å². The van der Waals surface area contributed by atoms with Gasteiger partial charge >= 0.3 is 0 Å². The van der Waals surface area contributed by atoms with Crippen molar-refractivity contribution in [3.05, 3.63) is 40.2 Å². The zero-order valence-electron chi connectivity index (χ0n) is 15.5. The molecule has 1 aromatic heterocycles. The molecule has 1 heterocycles. The predicted molar refractivity (Wildman–Crippen MR) is 103 cm³/mol. The van der Waals surface area contributed by atoms with Crippen molar-refractivity contribution in [3.63, 3.8) is 0 Å². The van der Waals surface area contributed by atoms with Gasteiger partial charge in [0.1, 0.15) is 11.6 Å². The van der Waals surface area contributed by atoms with E-state index in [1.54, 1.807) is 0 Å². The quantitative estimate of drug-likeness (QED) is 0.875. The van der Waals surface area contributed by atoms with Crippen molar-refractivity contribution in [2.45, 2.75) is 70.1 Å². The minimum atomic E-state index is -0.410. The number of carbonyl (C=O) groups excluding carboxylic acids is 1. The normalized spacial score (nSPS) is 18.9. The molecule has 1 amide bonds. The lowest BCUT2D eigenvalue weighted by Crippen LogP contribution is -2.38. The molecule has 0 spiro atoms. The maximum Gasteiger partial charge on any atom is 0.280 e. The molecule has 27 heavy (non-hydrogen) atoms. The second-order valence-corrected chi connectivity index (χ2v) is 8.00. The Bertz CT molecular complexity index is 896. The highest BCUT2D eigenvalue weighted by atomic mass is 19.1. The van der Waals surface area contributed by atoms with E-state index in [-0.39, 0.29) is 17.4 Å². The standard InChI is InChI=1S/C21H26FN3O2/c22-16-10-11-17-18(13-16)23-20(15-8-2-1-3-9-15)25(21(17)27)24-19(26)12-14-6-4-5-7-14/h10-11,13-15H,1-9,12H2,(H,24,26). The van der Waals surface area contributed by atoms with Gasteiger partial charge in [-0.2, -0.15) is 0 Å². The molecule has 0 unspecified atom stereocenters. The fourth-order valence-electron chi connectivity index (χ4n) is 4.57. The summed E-state index contributed by atoms with van der Waals surface area (Å²) in [7, 11) is 0. The molecule has 6 heteroatoms. The van der Waals surface area contributed by atoms with E-state index in [9.17, 15) is 14.0 Å². The Morgan fingerprint density at radius 2 is 1.81 bits per heavy atom. The summed E-state index contributed by atoms with van der Waals surface area (Å²) in [4.78, 5) is 30.3. The van der Waals surface area contributed by atoms with Crippen molar-refractivity contribution < 1.29 is 9.18 Å². The first-order valence-corrected chi connectivity index (χ1v) is 10.1. The lowest BCUT2D eigenvalue weighted by atomic mass is 9.88. The summed E-state index contributed by atoms with van der Waals surface area (Å²) in [6, 6.07) is 4.01. The number of hydrogen-bond acceptors (Lipinski definition) is 3. The molecule has 2 aliphatic carbocycles. The largest absolute Gasteiger partial charge is 0.280 e. The van der Waals surface area contributed by atoms with Gasteiger partial charge in [-0.3, -0.25) is 15.0 Å². The van der Waals surface area contributed by atoms with Crippen LogP contribution < -0.4 is 11.0 Å². The van der Waals surface area contributed by atoms with Crippen LogP contribution in [0.25, 0.3) is 10.9 Å². The summed E-state index contributed by atoms with van der Waals surface area (Å²) in [6.07, 6.45) is 10.2. The Balaban J connectivity index is 1.71. The summed E-state index contributed by atoms with van der Waals surface area (Å²) in [5.74, 6) is 0.543. The van der Waals surface area contributed by atoms with Crippen molar-refractivity contribution >= 4 is 16.8 Å². The lowest BCUT2D eigenvalue weighted by molar-refractivity contribution is -0.118. The summed E-state index contributed by atoms with van der Waals surface area (Å²) in [6.45, 7) is 0. The SMILES string of the molecule is O=C(CC1CCCC1)Nn1c(C2CCCCC2)nc2cc(F)ccc2c1=O. The number of nitrogens with zero attached hydrogens (tertiary/aromatic N) is 2. The van der Waals surface area contributed by atoms with Crippen molar-refractivity contribution in [1.29, 1.82) is 0 Å². The second kappa shape index (κ2) is 7.79. The molecular formula is C21H26FN3O2. The molecule has 1 N–H and O–H groups in total. The Morgan fingerprint density at radius 3 is 2.56 bits per heavy atom. The van der Waals surface area contributed by atoms with Gasteiger partial charge in [-0.1, -0.05) is 32.1 Å². The van der Waals surface area contributed by atoms with E-state index in [2.05, 4.69) is 10.4 Å². The van der Waals surface area contributed by atoms with Crippen molar-refractivity contribution in [2.24, 2.45) is 5.92 Å². The third-order valence-corrected chi connectivity index (χ3v) is 6.01. The Labute approximate surface area is 158 Å². The third-order valence-electron chi connectivity index (χ3n) is 6.01. The minimum absolute atomic E-state index is 0.117. The third kappa shape index (κ3) is 3.89. The van der Waals surface area contributed by atoms with Crippen LogP contribution in [0.3, 0.4) is 0 Å². The van der Waals surface area contributed by atoms with E-state index in [0.29, 0.717) is 29.1 Å². The van der Waals surface area contributed by atoms with Crippen LogP contribution in [0.4, 0.5) is 4.39 Å². The first-order valence-electron chi connectivity index (χ1n) is 10.1. The number of amides is 1. The number of halogens is 1. The van der Waals surface area contributed by atoms with Gasteiger partial charge in [0.25, 0.3) is 5.56 Å². The molecule has 144 valence electrons. The van der Waals surface area contributed by atoms with E-state index >= 15 is 0 Å². The molecule has 2 fully saturated rings. The highest BCUT2D eigenvalue weighted by Crippen LogP contribution is 2.32. The molecule has 0 saturated heterocycles. The molecule has 2 aromatic rings. The summed E-state index contributed by atoms with van der Waals surface area (Å²) in [5.41, 5.74) is 2.86. The van der Waals surface area contributed by atoms with Gasteiger partial charge in [-0.25, -0.2) is 14.1 Å². The molecular weight excluding hydrogens is 345 g/mol. The number of fused-ring (bicyclic) bond motifs is 1. The van der Waals surface area contributed by atoms with Gasteiger partial charge in [0.05, 0.1) is 10.9 Å². The molecule has 0 aliphatic heterocycles. The first kappa shape index (κ1) is 18.1. The van der Waals surface area contributed by atoms with Gasteiger partial charge in [-0.15, -0.1) is 0 Å². The number of aromatic nitrogens is 2. The van der Waals surface area contributed by atoms with Crippen molar-refractivity contribution in [3.8, 4) is 0 Å². The lowest BCUT2D eigenvalue weighted by Gasteiger charge is -2.24. The van der Waals surface area contributed by atoms with Gasteiger partial charge < -0.3 is 0 Å². The number of benzene rings is 1. The molecule has 4 rings (SSSR count). The molecule has 0 atom stereocenters. The summed E-state index contributed by atoms with van der Waals surface area (Å²) >= 11 is 0. The van der Waals surface area contributed by atoms with Gasteiger partial charge in [0.2, 0.25) is 5.91 Å². The molecule has 1 aromatic carbocycles. The fraction of sp³-hybridized carbons (Fsp3) is 0.571. The van der Waals surface area contributed by atoms with E-state index in [4.69, 9.17) is 0 Å². The summed E-state index contributed by atoms with van der Waals surface area (Å²) < 4.78 is 15.0. The monoisotopic (exact) mass is 371 g/mol. The van der Waals surface area contributed by atoms with Crippen LogP contribution in [0.1, 0.15) is 76.0 Å². The Morgan fingerprint density at radius 1 is 1.11 bits per heavy atom. The molecule has 2 aliphatic rings. The highest BCUT2D eigenvalue weighted by Gasteiger charge is 2.25. The van der Waals surface area contributed by atoms with Gasteiger partial charge in [-0.05, 0) is 43.7 Å². The van der Waals surface area contributed by atoms with E-state index in [0.717, 1.165) is 38.5 Å². The fourth-order valence-corrected chi connectivity index (χ4v) is 4.57. The Hall–Kier alpha value is -2.24. The predicted octanol–water partition coefficient (Wildman–Crippen LogP) is 4.23. The van der Waals surface area contributed by atoms with E-state index in [1.807, 2.05) is 0 Å². The maximum absolute atomic E-state index is 13.7. The smallest absolute Gasteiger partial charge is 0.273 e. The number of rotatable bonds is 4. The molecule has 5 nitrogen and oxygen atoms in total. The number of hydrogen-bond donors (Lipinski definition) is 1. The van der Waals surface area contributed by atoms with Crippen LogP contribution in [0.2, 0.25) is 0 Å². The van der Waals surface area contributed by atoms with E-state index < -0.39 is 5.82 Å². The zero-order chi connectivity index (χ0) is 18.8. The van der Waals surface area contributed by atoms with Crippen LogP contribution >= 0.6 is 0 Å².